The largest absolute Gasteiger partial charge is 0.382 e. The van der Waals surface area contributed by atoms with Crippen LogP contribution in [0.25, 0.3) is 0 Å². The third-order valence-electron chi connectivity index (χ3n) is 3.30. The molecule has 4 nitrogen and oxygen atoms in total. The summed E-state index contributed by atoms with van der Waals surface area (Å²) in [5.74, 6) is 0. The number of nitrogens with one attached hydrogen (secondary N) is 1. The number of unbranched alkanes of at least 4 members (excludes halogenated alkanes) is 1. The number of rotatable bonds is 9. The van der Waals surface area contributed by atoms with Crippen LogP contribution in [0.1, 0.15) is 25.7 Å². The number of nitrogens with zero attached hydrogens (tertiary/aromatic N) is 1. The van der Waals surface area contributed by atoms with Gasteiger partial charge in [-0.2, -0.15) is 0 Å². The minimum atomic E-state index is 0.702. The molecule has 0 aliphatic carbocycles. The van der Waals surface area contributed by atoms with E-state index in [1.165, 1.54) is 32.4 Å². The first-order valence-corrected chi connectivity index (χ1v) is 6.81. The van der Waals surface area contributed by atoms with Gasteiger partial charge in [-0.3, -0.25) is 0 Å². The average molecular weight is 244 g/mol. The molecule has 102 valence electrons. The normalized spacial score (nSPS) is 18.7. The molecule has 0 aromatic carbocycles. The molecule has 0 unspecified atom stereocenters. The van der Waals surface area contributed by atoms with Crippen molar-refractivity contribution in [2.75, 3.05) is 53.6 Å². The van der Waals surface area contributed by atoms with Crippen LogP contribution in [-0.4, -0.2) is 64.6 Å². The number of methoxy groups -OCH3 is 1. The minimum Gasteiger partial charge on any atom is -0.382 e. The van der Waals surface area contributed by atoms with E-state index in [1.807, 2.05) is 0 Å². The summed E-state index contributed by atoms with van der Waals surface area (Å²) in [4.78, 5) is 2.40. The first-order valence-electron chi connectivity index (χ1n) is 6.81. The molecule has 0 amide bonds. The van der Waals surface area contributed by atoms with Gasteiger partial charge in [0.15, 0.2) is 0 Å². The zero-order chi connectivity index (χ0) is 12.3. The molecule has 1 aliphatic heterocycles. The van der Waals surface area contributed by atoms with Gasteiger partial charge in [-0.15, -0.1) is 0 Å². The van der Waals surface area contributed by atoms with E-state index in [1.54, 1.807) is 7.11 Å². The highest BCUT2D eigenvalue weighted by atomic mass is 16.5. The van der Waals surface area contributed by atoms with Crippen LogP contribution in [0.3, 0.4) is 0 Å². The Kier molecular flexibility index (Phi) is 8.61. The van der Waals surface area contributed by atoms with Crippen LogP contribution < -0.4 is 5.32 Å². The molecule has 0 aromatic heterocycles. The molecule has 4 heteroatoms. The topological polar surface area (TPSA) is 33.7 Å². The van der Waals surface area contributed by atoms with Gasteiger partial charge in [0.05, 0.1) is 13.2 Å². The number of piperidine rings is 1. The average Bonchev–Trinajstić information content (AvgIpc) is 2.35. The number of likely N-dealkylation sites (tertiary alicyclic amines) is 1. The van der Waals surface area contributed by atoms with Crippen molar-refractivity contribution in [3.63, 3.8) is 0 Å². The van der Waals surface area contributed by atoms with Crippen molar-refractivity contribution in [1.29, 1.82) is 0 Å². The molecule has 1 fully saturated rings. The summed E-state index contributed by atoms with van der Waals surface area (Å²) in [5.41, 5.74) is 0. The first-order chi connectivity index (χ1) is 8.33. The van der Waals surface area contributed by atoms with Crippen LogP contribution >= 0.6 is 0 Å². The van der Waals surface area contributed by atoms with Crippen molar-refractivity contribution in [2.24, 2.45) is 0 Å². The fourth-order valence-electron chi connectivity index (χ4n) is 2.09. The van der Waals surface area contributed by atoms with Crippen LogP contribution in [0, 0.1) is 0 Å². The zero-order valence-electron chi connectivity index (χ0n) is 11.4. The summed E-state index contributed by atoms with van der Waals surface area (Å²) in [6, 6.07) is 0.737. The summed E-state index contributed by atoms with van der Waals surface area (Å²) in [7, 11) is 3.91. The molecular formula is C13H28N2O2. The van der Waals surface area contributed by atoms with Crippen molar-refractivity contribution in [1.82, 2.24) is 10.2 Å². The Morgan fingerprint density at radius 1 is 1.12 bits per heavy atom. The van der Waals surface area contributed by atoms with Gasteiger partial charge < -0.3 is 19.7 Å². The summed E-state index contributed by atoms with van der Waals surface area (Å²) < 4.78 is 10.3. The Bertz CT molecular complexity index is 171. The van der Waals surface area contributed by atoms with E-state index in [-0.39, 0.29) is 0 Å². The molecule has 0 radical (unpaired) electrons. The van der Waals surface area contributed by atoms with E-state index in [9.17, 15) is 0 Å². The Balaban J connectivity index is 1.81. The molecule has 17 heavy (non-hydrogen) atoms. The second kappa shape index (κ2) is 9.83. The van der Waals surface area contributed by atoms with Gasteiger partial charge in [-0.1, -0.05) is 0 Å². The maximum absolute atomic E-state index is 5.42. The Labute approximate surface area is 106 Å². The zero-order valence-corrected chi connectivity index (χ0v) is 11.4. The number of ether oxygens (including phenoxy) is 2. The van der Waals surface area contributed by atoms with E-state index in [2.05, 4.69) is 17.3 Å². The first kappa shape index (κ1) is 14.9. The lowest BCUT2D eigenvalue weighted by molar-refractivity contribution is 0.0687. The molecular weight excluding hydrogens is 216 g/mol. The summed E-state index contributed by atoms with van der Waals surface area (Å²) in [5, 5.41) is 3.64. The number of hydrogen-bond acceptors (Lipinski definition) is 4. The van der Waals surface area contributed by atoms with E-state index in [0.717, 1.165) is 32.2 Å². The molecule has 0 bridgehead atoms. The Morgan fingerprint density at radius 2 is 1.88 bits per heavy atom. The lowest BCUT2D eigenvalue weighted by Crippen LogP contribution is -2.41. The third kappa shape index (κ3) is 7.71. The molecule has 0 atom stereocenters. The van der Waals surface area contributed by atoms with Gasteiger partial charge in [0, 0.05) is 19.8 Å². The predicted molar refractivity (Wildman–Crippen MR) is 70.5 cm³/mol. The van der Waals surface area contributed by atoms with Crippen molar-refractivity contribution >= 4 is 0 Å². The summed E-state index contributed by atoms with van der Waals surface area (Å²) >= 11 is 0. The predicted octanol–water partition coefficient (Wildman–Crippen LogP) is 1.11. The molecule has 1 heterocycles. The fraction of sp³-hybridized carbons (Fsp3) is 1.00. The van der Waals surface area contributed by atoms with Crippen LogP contribution in [0.4, 0.5) is 0 Å². The lowest BCUT2D eigenvalue weighted by atomic mass is 10.1. The van der Waals surface area contributed by atoms with E-state index in [0.29, 0.717) is 6.61 Å². The second-order valence-electron chi connectivity index (χ2n) is 4.84. The van der Waals surface area contributed by atoms with Gasteiger partial charge in [0.25, 0.3) is 0 Å². The van der Waals surface area contributed by atoms with Gasteiger partial charge in [0.2, 0.25) is 0 Å². The van der Waals surface area contributed by atoms with Crippen LogP contribution in [0.15, 0.2) is 0 Å². The van der Waals surface area contributed by atoms with E-state index < -0.39 is 0 Å². The van der Waals surface area contributed by atoms with Crippen LogP contribution in [-0.2, 0) is 9.47 Å². The molecule has 0 spiro atoms. The Morgan fingerprint density at radius 3 is 2.59 bits per heavy atom. The summed E-state index contributed by atoms with van der Waals surface area (Å²) in [6.07, 6.45) is 4.93. The third-order valence-corrected chi connectivity index (χ3v) is 3.30. The molecule has 0 saturated carbocycles. The lowest BCUT2D eigenvalue weighted by Gasteiger charge is -2.29. The van der Waals surface area contributed by atoms with Crippen LogP contribution in [0.5, 0.6) is 0 Å². The fourth-order valence-corrected chi connectivity index (χ4v) is 2.09. The van der Waals surface area contributed by atoms with E-state index >= 15 is 0 Å². The highest BCUT2D eigenvalue weighted by Gasteiger charge is 2.15. The highest BCUT2D eigenvalue weighted by molar-refractivity contribution is 4.75. The monoisotopic (exact) mass is 244 g/mol. The Hall–Kier alpha value is -0.160. The van der Waals surface area contributed by atoms with Gasteiger partial charge in [0.1, 0.15) is 0 Å². The minimum absolute atomic E-state index is 0.702. The molecule has 1 saturated heterocycles. The standard InChI is InChI=1S/C13H28N2O2/c1-15-8-5-13(6-9-15)14-7-3-4-10-17-12-11-16-2/h13-14H,3-12H2,1-2H3. The SMILES string of the molecule is COCCOCCCCNC1CCN(C)CC1. The van der Waals surface area contributed by atoms with Crippen molar-refractivity contribution in [3.8, 4) is 0 Å². The van der Waals surface area contributed by atoms with Gasteiger partial charge >= 0.3 is 0 Å². The molecule has 1 aliphatic rings. The van der Waals surface area contributed by atoms with Crippen molar-refractivity contribution in [3.05, 3.63) is 0 Å². The maximum Gasteiger partial charge on any atom is 0.0700 e. The molecule has 1 rings (SSSR count). The smallest absolute Gasteiger partial charge is 0.0700 e. The van der Waals surface area contributed by atoms with Crippen LogP contribution in [0.2, 0.25) is 0 Å². The van der Waals surface area contributed by atoms with E-state index in [4.69, 9.17) is 9.47 Å². The summed E-state index contributed by atoms with van der Waals surface area (Å²) in [6.45, 7) is 5.88. The number of hydrogen-bond donors (Lipinski definition) is 1. The molecule has 0 aromatic rings. The highest BCUT2D eigenvalue weighted by Crippen LogP contribution is 2.07. The molecule has 1 N–H and O–H groups in total. The van der Waals surface area contributed by atoms with Gasteiger partial charge in [-0.05, 0) is 52.4 Å². The van der Waals surface area contributed by atoms with Crippen molar-refractivity contribution in [2.45, 2.75) is 31.7 Å². The van der Waals surface area contributed by atoms with Crippen molar-refractivity contribution < 1.29 is 9.47 Å². The quantitative estimate of drug-likeness (QED) is 0.616. The maximum atomic E-state index is 5.42. The second-order valence-corrected chi connectivity index (χ2v) is 4.84. The van der Waals surface area contributed by atoms with Gasteiger partial charge in [-0.25, -0.2) is 0 Å².